The zero-order valence-corrected chi connectivity index (χ0v) is 15.2. The van der Waals surface area contributed by atoms with Crippen LogP contribution in [-0.2, 0) is 4.79 Å². The molecule has 0 radical (unpaired) electrons. The van der Waals surface area contributed by atoms with E-state index in [1.807, 2.05) is 12.3 Å². The summed E-state index contributed by atoms with van der Waals surface area (Å²) < 4.78 is 0. The lowest BCUT2D eigenvalue weighted by atomic mass is 9.97. The van der Waals surface area contributed by atoms with Gasteiger partial charge in [-0.05, 0) is 63.4 Å². The van der Waals surface area contributed by atoms with Gasteiger partial charge in [-0.2, -0.15) is 0 Å². The quantitative estimate of drug-likeness (QED) is 0.793. The topological polar surface area (TPSA) is 71.2 Å². The zero-order valence-electron chi connectivity index (χ0n) is 15.2. The van der Waals surface area contributed by atoms with E-state index in [2.05, 4.69) is 41.2 Å². The number of hydrogen-bond donors (Lipinski definition) is 2. The predicted molar refractivity (Wildman–Crippen MR) is 103 cm³/mol. The van der Waals surface area contributed by atoms with Crippen LogP contribution in [0.25, 0.3) is 10.9 Å². The number of nitrogens with zero attached hydrogens (tertiary/aromatic N) is 2. The lowest BCUT2D eigenvalue weighted by Gasteiger charge is -2.31. The summed E-state index contributed by atoms with van der Waals surface area (Å²) in [6, 6.07) is 6.35. The van der Waals surface area contributed by atoms with Gasteiger partial charge in [0, 0.05) is 30.4 Å². The second-order valence-electron chi connectivity index (χ2n) is 7.08. The van der Waals surface area contributed by atoms with E-state index in [4.69, 9.17) is 5.73 Å². The van der Waals surface area contributed by atoms with Crippen molar-refractivity contribution in [2.45, 2.75) is 33.1 Å². The monoisotopic (exact) mass is 340 g/mol. The van der Waals surface area contributed by atoms with Crippen molar-refractivity contribution in [3.8, 4) is 0 Å². The van der Waals surface area contributed by atoms with Crippen molar-refractivity contribution in [1.29, 1.82) is 0 Å². The van der Waals surface area contributed by atoms with E-state index < -0.39 is 0 Å². The van der Waals surface area contributed by atoms with Crippen LogP contribution >= 0.6 is 0 Å². The van der Waals surface area contributed by atoms with Gasteiger partial charge in [-0.15, -0.1) is 0 Å². The van der Waals surface area contributed by atoms with Crippen LogP contribution in [0.1, 0.15) is 30.4 Å². The maximum atomic E-state index is 11.4. The Labute approximate surface area is 149 Å². The molecule has 5 heteroatoms. The summed E-state index contributed by atoms with van der Waals surface area (Å²) in [5.41, 5.74) is 10.2. The van der Waals surface area contributed by atoms with Gasteiger partial charge in [-0.25, -0.2) is 0 Å². The Morgan fingerprint density at radius 3 is 3.00 bits per heavy atom. The van der Waals surface area contributed by atoms with Gasteiger partial charge >= 0.3 is 0 Å². The van der Waals surface area contributed by atoms with Crippen molar-refractivity contribution in [2.75, 3.05) is 31.5 Å². The van der Waals surface area contributed by atoms with Crippen LogP contribution in [0.5, 0.6) is 0 Å². The van der Waals surface area contributed by atoms with Crippen LogP contribution < -0.4 is 11.1 Å². The fourth-order valence-corrected chi connectivity index (χ4v) is 3.63. The van der Waals surface area contributed by atoms with Crippen LogP contribution in [-0.4, -0.2) is 42.0 Å². The largest absolute Gasteiger partial charge is 0.384 e. The molecule has 3 rings (SSSR count). The Morgan fingerprint density at radius 1 is 1.36 bits per heavy atom. The Kier molecular flexibility index (Phi) is 5.53. The Hall–Kier alpha value is -2.14. The first-order valence-electron chi connectivity index (χ1n) is 9.16. The fraction of sp³-hybridized carbons (Fsp3) is 0.500. The molecule has 1 aromatic heterocycles. The summed E-state index contributed by atoms with van der Waals surface area (Å²) in [4.78, 5) is 18.3. The first kappa shape index (κ1) is 17.7. The summed E-state index contributed by atoms with van der Waals surface area (Å²) in [5, 5.41) is 4.73. The third kappa shape index (κ3) is 4.10. The lowest BCUT2D eigenvalue weighted by molar-refractivity contribution is -0.123. The molecule has 0 spiro atoms. The molecule has 2 heterocycles. The third-order valence-electron chi connectivity index (χ3n) is 5.31. The van der Waals surface area contributed by atoms with E-state index in [0.29, 0.717) is 0 Å². The minimum absolute atomic E-state index is 0.0251. The number of carbonyl (C=O) groups excluding carboxylic acids is 1. The molecule has 1 saturated heterocycles. The number of aryl methyl sites for hydroxylation is 2. The number of amides is 1. The van der Waals surface area contributed by atoms with E-state index in [-0.39, 0.29) is 11.8 Å². The van der Waals surface area contributed by atoms with Crippen molar-refractivity contribution in [1.82, 2.24) is 9.88 Å². The first-order valence-corrected chi connectivity index (χ1v) is 9.16. The highest BCUT2D eigenvalue weighted by atomic mass is 16.1. The molecule has 0 saturated carbocycles. The van der Waals surface area contributed by atoms with Gasteiger partial charge in [0.15, 0.2) is 0 Å². The Balaban J connectivity index is 1.55. The molecule has 1 aliphatic rings. The van der Waals surface area contributed by atoms with Gasteiger partial charge in [0.05, 0.1) is 11.4 Å². The number of nitrogens with one attached hydrogen (secondary N) is 1. The fourth-order valence-electron chi connectivity index (χ4n) is 3.63. The highest BCUT2D eigenvalue weighted by Crippen LogP contribution is 2.26. The molecule has 134 valence electrons. The molecular weight excluding hydrogens is 312 g/mol. The van der Waals surface area contributed by atoms with Gasteiger partial charge in [0.2, 0.25) is 5.91 Å². The molecule has 1 aromatic carbocycles. The van der Waals surface area contributed by atoms with Crippen LogP contribution in [0.4, 0.5) is 5.69 Å². The number of rotatable bonds is 6. The maximum absolute atomic E-state index is 11.4. The lowest BCUT2D eigenvalue weighted by Crippen LogP contribution is -2.41. The van der Waals surface area contributed by atoms with Crippen LogP contribution in [0.3, 0.4) is 0 Å². The average molecular weight is 340 g/mol. The van der Waals surface area contributed by atoms with E-state index in [0.717, 1.165) is 56.6 Å². The number of carbonyl (C=O) groups is 1. The molecular formula is C20H28N4O. The number of piperidine rings is 1. The number of aromatic nitrogens is 1. The predicted octanol–water partition coefficient (Wildman–Crippen LogP) is 2.85. The zero-order chi connectivity index (χ0) is 17.8. The van der Waals surface area contributed by atoms with E-state index >= 15 is 0 Å². The number of anilines is 1. The van der Waals surface area contributed by atoms with Crippen molar-refractivity contribution >= 4 is 22.5 Å². The van der Waals surface area contributed by atoms with Gasteiger partial charge in [0.25, 0.3) is 0 Å². The van der Waals surface area contributed by atoms with Crippen molar-refractivity contribution in [2.24, 2.45) is 11.7 Å². The van der Waals surface area contributed by atoms with Gasteiger partial charge in [0.1, 0.15) is 0 Å². The van der Waals surface area contributed by atoms with Crippen molar-refractivity contribution in [3.63, 3.8) is 0 Å². The summed E-state index contributed by atoms with van der Waals surface area (Å²) in [5.74, 6) is -0.131. The normalized spacial score (nSPS) is 18.4. The second kappa shape index (κ2) is 7.83. The molecule has 1 unspecified atom stereocenters. The Morgan fingerprint density at radius 2 is 2.20 bits per heavy atom. The number of benzene rings is 1. The van der Waals surface area contributed by atoms with Gasteiger partial charge < -0.3 is 16.0 Å². The molecule has 1 atom stereocenters. The number of nitrogens with two attached hydrogens (primary N) is 1. The minimum atomic E-state index is -0.156. The summed E-state index contributed by atoms with van der Waals surface area (Å²) >= 11 is 0. The standard InChI is InChI=1S/C20H28N4O/c1-14-6-7-17-18(8-10-23-19(17)15(14)2)22-9-4-12-24-11-3-5-16(13-24)20(21)25/h6-8,10,16H,3-5,9,11-13H2,1-2H3,(H2,21,25)(H,22,23). The Bertz CT molecular complexity index is 759. The molecule has 25 heavy (non-hydrogen) atoms. The molecule has 1 fully saturated rings. The van der Waals surface area contributed by atoms with Gasteiger partial charge in [-0.1, -0.05) is 12.1 Å². The van der Waals surface area contributed by atoms with Crippen molar-refractivity contribution < 1.29 is 4.79 Å². The van der Waals surface area contributed by atoms with E-state index in [1.165, 1.54) is 16.5 Å². The summed E-state index contributed by atoms with van der Waals surface area (Å²) in [7, 11) is 0. The van der Waals surface area contributed by atoms with Crippen LogP contribution in [0.2, 0.25) is 0 Å². The third-order valence-corrected chi connectivity index (χ3v) is 5.31. The highest BCUT2D eigenvalue weighted by Gasteiger charge is 2.23. The van der Waals surface area contributed by atoms with Crippen LogP contribution in [0, 0.1) is 19.8 Å². The molecule has 0 bridgehead atoms. The molecule has 1 aliphatic heterocycles. The number of likely N-dealkylation sites (tertiary alicyclic amines) is 1. The minimum Gasteiger partial charge on any atom is -0.384 e. The van der Waals surface area contributed by atoms with E-state index in [9.17, 15) is 4.79 Å². The smallest absolute Gasteiger partial charge is 0.221 e. The number of pyridine rings is 1. The second-order valence-corrected chi connectivity index (χ2v) is 7.08. The molecule has 0 aliphatic carbocycles. The summed E-state index contributed by atoms with van der Waals surface area (Å²) in [6.07, 6.45) is 4.92. The first-order chi connectivity index (χ1) is 12.1. The average Bonchev–Trinajstić information content (AvgIpc) is 2.62. The molecule has 3 N–H and O–H groups in total. The van der Waals surface area contributed by atoms with Crippen molar-refractivity contribution in [3.05, 3.63) is 35.5 Å². The number of fused-ring (bicyclic) bond motifs is 1. The molecule has 1 amide bonds. The number of primary amides is 1. The molecule has 2 aromatic rings. The molecule has 5 nitrogen and oxygen atoms in total. The highest BCUT2D eigenvalue weighted by molar-refractivity contribution is 5.93. The summed E-state index contributed by atoms with van der Waals surface area (Å²) in [6.45, 7) is 8.03. The van der Waals surface area contributed by atoms with Crippen LogP contribution in [0.15, 0.2) is 24.4 Å². The SMILES string of the molecule is Cc1ccc2c(NCCCN3CCCC(C(N)=O)C3)ccnc2c1C. The van der Waals surface area contributed by atoms with E-state index in [1.54, 1.807) is 0 Å². The number of hydrogen-bond acceptors (Lipinski definition) is 4. The van der Waals surface area contributed by atoms with Gasteiger partial charge in [-0.3, -0.25) is 9.78 Å². The maximum Gasteiger partial charge on any atom is 0.221 e.